The Labute approximate surface area is 193 Å². The molecular formula is C23H22F3N7O. The zero-order valence-electron chi connectivity index (χ0n) is 18.7. The summed E-state index contributed by atoms with van der Waals surface area (Å²) >= 11 is 0. The van der Waals surface area contributed by atoms with Crippen molar-refractivity contribution in [3.8, 4) is 0 Å². The lowest BCUT2D eigenvalue weighted by Gasteiger charge is -2.27. The van der Waals surface area contributed by atoms with Crippen LogP contribution in [0.2, 0.25) is 0 Å². The summed E-state index contributed by atoms with van der Waals surface area (Å²) < 4.78 is 40.3. The summed E-state index contributed by atoms with van der Waals surface area (Å²) in [6.45, 7) is 3.55. The van der Waals surface area contributed by atoms with Gasteiger partial charge in [-0.05, 0) is 55.8 Å². The third-order valence-electron chi connectivity index (χ3n) is 5.50. The van der Waals surface area contributed by atoms with Gasteiger partial charge in [-0.2, -0.15) is 18.3 Å². The van der Waals surface area contributed by atoms with E-state index in [1.165, 1.54) is 22.0 Å². The molecule has 0 spiro atoms. The van der Waals surface area contributed by atoms with Gasteiger partial charge in [0.15, 0.2) is 5.82 Å². The molecule has 2 N–H and O–H groups in total. The number of nitrogen functional groups attached to an aromatic ring is 1. The van der Waals surface area contributed by atoms with E-state index >= 15 is 0 Å². The van der Waals surface area contributed by atoms with Crippen LogP contribution in [0.5, 0.6) is 0 Å². The second-order valence-corrected chi connectivity index (χ2v) is 8.02. The lowest BCUT2D eigenvalue weighted by Crippen LogP contribution is -2.34. The van der Waals surface area contributed by atoms with E-state index < -0.39 is 17.8 Å². The number of benzene rings is 1. The van der Waals surface area contributed by atoms with Crippen LogP contribution in [0.25, 0.3) is 10.9 Å². The first-order valence-electron chi connectivity index (χ1n) is 10.4. The summed E-state index contributed by atoms with van der Waals surface area (Å²) in [5.74, 6) is 0.461. The molecule has 34 heavy (non-hydrogen) atoms. The quantitative estimate of drug-likeness (QED) is 0.473. The number of nitrogens with two attached hydrogens (primary N) is 1. The Morgan fingerprint density at radius 1 is 1.18 bits per heavy atom. The normalized spacial score (nSPS) is 12.6. The van der Waals surface area contributed by atoms with Crippen LogP contribution >= 0.6 is 0 Å². The highest BCUT2D eigenvalue weighted by Crippen LogP contribution is 2.29. The van der Waals surface area contributed by atoms with Crippen LogP contribution in [0.3, 0.4) is 0 Å². The van der Waals surface area contributed by atoms with Crippen molar-refractivity contribution in [3.63, 3.8) is 0 Å². The minimum Gasteiger partial charge on any atom is -0.383 e. The fourth-order valence-electron chi connectivity index (χ4n) is 3.53. The van der Waals surface area contributed by atoms with Crippen LogP contribution in [-0.2, 0) is 19.8 Å². The van der Waals surface area contributed by atoms with Gasteiger partial charge < -0.3 is 10.6 Å². The summed E-state index contributed by atoms with van der Waals surface area (Å²) in [6, 6.07) is 8.54. The van der Waals surface area contributed by atoms with E-state index in [4.69, 9.17) is 5.73 Å². The van der Waals surface area contributed by atoms with Crippen molar-refractivity contribution in [2.75, 3.05) is 5.73 Å². The second kappa shape index (κ2) is 8.73. The smallest absolute Gasteiger partial charge is 0.383 e. The minimum atomic E-state index is -4.49. The van der Waals surface area contributed by atoms with Crippen LogP contribution in [-0.4, -0.2) is 35.5 Å². The maximum atomic E-state index is 13.6. The lowest BCUT2D eigenvalue weighted by molar-refractivity contribution is -0.137. The summed E-state index contributed by atoms with van der Waals surface area (Å²) in [6.07, 6.45) is -2.22. The molecule has 0 saturated carbocycles. The van der Waals surface area contributed by atoms with E-state index in [9.17, 15) is 18.0 Å². The number of hydrogen-bond acceptors (Lipinski definition) is 6. The highest BCUT2D eigenvalue weighted by molar-refractivity contribution is 5.98. The number of halogens is 3. The Hall–Kier alpha value is -4.02. The molecule has 1 unspecified atom stereocenters. The van der Waals surface area contributed by atoms with Crippen LogP contribution < -0.4 is 5.73 Å². The lowest BCUT2D eigenvalue weighted by atomic mass is 10.1. The molecule has 0 radical (unpaired) electrons. The monoisotopic (exact) mass is 469 g/mol. The molecule has 8 nitrogen and oxygen atoms in total. The third kappa shape index (κ3) is 4.68. The van der Waals surface area contributed by atoms with E-state index in [2.05, 4.69) is 20.1 Å². The first-order valence-corrected chi connectivity index (χ1v) is 10.4. The number of carbonyl (C=O) groups excluding carboxylic acids is 1. The van der Waals surface area contributed by atoms with Crippen LogP contribution in [0.15, 0.2) is 48.9 Å². The minimum absolute atomic E-state index is 0.0343. The van der Waals surface area contributed by atoms with Gasteiger partial charge in [0.2, 0.25) is 0 Å². The largest absolute Gasteiger partial charge is 0.417 e. The predicted molar refractivity (Wildman–Crippen MR) is 119 cm³/mol. The van der Waals surface area contributed by atoms with E-state index in [0.29, 0.717) is 28.4 Å². The fourth-order valence-corrected chi connectivity index (χ4v) is 3.53. The van der Waals surface area contributed by atoms with Crippen LogP contribution in [0, 0.1) is 6.92 Å². The first-order chi connectivity index (χ1) is 16.0. The molecule has 4 aromatic rings. The number of anilines is 1. The summed E-state index contributed by atoms with van der Waals surface area (Å²) in [5.41, 5.74) is 7.14. The maximum Gasteiger partial charge on any atom is 0.417 e. The molecule has 3 heterocycles. The second-order valence-electron chi connectivity index (χ2n) is 8.02. The number of amides is 1. The Kier molecular flexibility index (Phi) is 5.94. The summed E-state index contributed by atoms with van der Waals surface area (Å²) in [4.78, 5) is 27.6. The average molecular weight is 469 g/mol. The number of carbonyl (C=O) groups is 1. The average Bonchev–Trinajstić information content (AvgIpc) is 3.23. The molecule has 0 aliphatic heterocycles. The zero-order valence-corrected chi connectivity index (χ0v) is 18.7. The Morgan fingerprint density at radius 2 is 1.94 bits per heavy atom. The number of aromatic nitrogens is 5. The number of alkyl halides is 3. The van der Waals surface area contributed by atoms with Crippen molar-refractivity contribution >= 4 is 22.6 Å². The SMILES string of the molecule is Cc1cc2cc(C(=O)N(Cc3ccc(C(F)(F)F)cn3)C(C)c3ncn(C)n3)ccc2nc1N. The molecule has 176 valence electrons. The van der Waals surface area contributed by atoms with Crippen molar-refractivity contribution in [1.29, 1.82) is 0 Å². The predicted octanol–water partition coefficient (Wildman–Crippen LogP) is 4.07. The topological polar surface area (TPSA) is 103 Å². The number of aryl methyl sites for hydroxylation is 2. The van der Waals surface area contributed by atoms with Gasteiger partial charge in [-0.3, -0.25) is 14.5 Å². The number of nitrogens with zero attached hydrogens (tertiary/aromatic N) is 6. The molecule has 1 amide bonds. The van der Waals surface area contributed by atoms with Gasteiger partial charge in [-0.1, -0.05) is 0 Å². The molecule has 0 aliphatic carbocycles. The number of rotatable bonds is 5. The van der Waals surface area contributed by atoms with Crippen molar-refractivity contribution in [2.24, 2.45) is 7.05 Å². The van der Waals surface area contributed by atoms with Gasteiger partial charge in [0, 0.05) is 24.2 Å². The van der Waals surface area contributed by atoms with Crippen LogP contribution in [0.4, 0.5) is 19.0 Å². The van der Waals surface area contributed by atoms with E-state index in [1.807, 2.05) is 13.0 Å². The van der Waals surface area contributed by atoms with Crippen molar-refractivity contribution in [3.05, 3.63) is 77.1 Å². The van der Waals surface area contributed by atoms with Gasteiger partial charge in [0.1, 0.15) is 12.1 Å². The van der Waals surface area contributed by atoms with Crippen molar-refractivity contribution in [2.45, 2.75) is 32.6 Å². The molecule has 3 aromatic heterocycles. The first kappa shape index (κ1) is 23.1. The highest BCUT2D eigenvalue weighted by Gasteiger charge is 2.31. The van der Waals surface area contributed by atoms with Gasteiger partial charge in [-0.15, -0.1) is 0 Å². The Morgan fingerprint density at radius 3 is 2.56 bits per heavy atom. The molecule has 1 atom stereocenters. The maximum absolute atomic E-state index is 13.6. The standard InChI is InChI=1S/C23H22F3N7O/c1-13-8-16-9-15(4-7-19(16)30-20(13)27)22(34)33(14(2)21-29-12-32(3)31-21)11-18-6-5-17(10-28-18)23(24,25)26/h4-10,12,14H,11H2,1-3H3,(H2,27,30). The molecule has 1 aromatic carbocycles. The van der Waals surface area contributed by atoms with E-state index in [0.717, 1.165) is 23.2 Å². The van der Waals surface area contributed by atoms with Crippen molar-refractivity contribution < 1.29 is 18.0 Å². The molecule has 0 aliphatic rings. The molecular weight excluding hydrogens is 447 g/mol. The highest BCUT2D eigenvalue weighted by atomic mass is 19.4. The molecule has 0 fully saturated rings. The molecule has 0 saturated heterocycles. The fraction of sp³-hybridized carbons (Fsp3) is 0.261. The van der Waals surface area contributed by atoms with E-state index in [-0.39, 0.29) is 12.5 Å². The number of hydrogen-bond donors (Lipinski definition) is 1. The molecule has 4 rings (SSSR count). The van der Waals surface area contributed by atoms with Gasteiger partial charge >= 0.3 is 6.18 Å². The Bertz CT molecular complexity index is 1350. The van der Waals surface area contributed by atoms with Crippen LogP contribution in [0.1, 0.15) is 46.0 Å². The van der Waals surface area contributed by atoms with Crippen molar-refractivity contribution in [1.82, 2.24) is 29.6 Å². The summed E-state index contributed by atoms with van der Waals surface area (Å²) in [5, 5.41) is 5.03. The Balaban J connectivity index is 1.70. The van der Waals surface area contributed by atoms with Gasteiger partial charge in [0.25, 0.3) is 5.91 Å². The van der Waals surface area contributed by atoms with E-state index in [1.54, 1.807) is 32.2 Å². The van der Waals surface area contributed by atoms with Gasteiger partial charge in [-0.25, -0.2) is 9.97 Å². The number of pyridine rings is 2. The third-order valence-corrected chi connectivity index (χ3v) is 5.50. The summed E-state index contributed by atoms with van der Waals surface area (Å²) in [7, 11) is 1.71. The molecule has 0 bridgehead atoms. The number of fused-ring (bicyclic) bond motifs is 1. The molecule has 11 heteroatoms. The zero-order chi connectivity index (χ0) is 24.6. The van der Waals surface area contributed by atoms with Gasteiger partial charge in [0.05, 0.1) is 29.4 Å².